The van der Waals surface area contributed by atoms with Gasteiger partial charge in [0.05, 0.1) is 17.7 Å². The van der Waals surface area contributed by atoms with Gasteiger partial charge >= 0.3 is 18.9 Å². The minimum absolute atomic E-state index is 0. The van der Waals surface area contributed by atoms with Gasteiger partial charge in [-0.25, -0.2) is 18.9 Å². The second-order valence-corrected chi connectivity index (χ2v) is 13.9. The third-order valence-electron chi connectivity index (χ3n) is 7.83. The largest absolute Gasteiger partial charge is 1.00 e. The molecule has 0 aromatic heterocycles. The SMILES string of the molecule is Cc1cc(CN2C(=O)C(C3=NS(=O)(=O)c4cc(NS(C)(=O)=O)ccc4N3)=C(O)[C@H]3[C-]2[C@@H]2CC[C@H]3C2)ccc1F.[Li+]. The summed E-state index contributed by atoms with van der Waals surface area (Å²) in [6.45, 7) is 1.78. The molecule has 6 rings (SSSR count). The fourth-order valence-electron chi connectivity index (χ4n) is 6.27. The molecule has 2 aromatic rings. The maximum absolute atomic E-state index is 14.0. The van der Waals surface area contributed by atoms with Crippen molar-refractivity contribution >= 4 is 43.2 Å². The van der Waals surface area contributed by atoms with Gasteiger partial charge < -0.3 is 15.3 Å². The van der Waals surface area contributed by atoms with Crippen LogP contribution in [-0.4, -0.2) is 44.8 Å². The molecule has 3 atom stereocenters. The zero-order valence-electron chi connectivity index (χ0n) is 22.1. The van der Waals surface area contributed by atoms with Crippen molar-refractivity contribution in [2.24, 2.45) is 22.2 Å². The molecule has 2 bridgehead atoms. The summed E-state index contributed by atoms with van der Waals surface area (Å²) in [6, 6.07) is 9.33. The molecule has 10 nitrogen and oxygen atoms in total. The Labute approximate surface area is 244 Å². The number of amidine groups is 1. The predicted molar refractivity (Wildman–Crippen MR) is 142 cm³/mol. The van der Waals surface area contributed by atoms with Gasteiger partial charge in [0.15, 0.2) is 5.84 Å². The molecule has 0 spiro atoms. The molecule has 3 N–H and O–H groups in total. The van der Waals surface area contributed by atoms with Crippen molar-refractivity contribution in [3.8, 4) is 0 Å². The van der Waals surface area contributed by atoms with Crippen LogP contribution in [-0.2, 0) is 31.4 Å². The van der Waals surface area contributed by atoms with E-state index in [-0.39, 0.29) is 76.5 Å². The Morgan fingerprint density at radius 3 is 2.67 bits per heavy atom. The normalized spacial score (nSPS) is 25.1. The van der Waals surface area contributed by atoms with Crippen LogP contribution in [0.25, 0.3) is 0 Å². The van der Waals surface area contributed by atoms with Crippen LogP contribution < -0.4 is 28.9 Å². The standard InChI is InChI=1S/C26H26FN4O6S2.Li/c1-13-9-14(3-7-18(13)27)12-31-23-16-5-4-15(10-16)21(23)24(32)22(26(31)33)25-28-19-8-6-17(29-38(2,34)35)11-20(19)39(36,37)30-25;/h3,6-9,11,15-16,21,29,32H,4-5,10,12H2,1-2H3,(H,28,30);/q-1;+1/t15-,16+,21+;/m0./s1. The minimum atomic E-state index is -4.36. The number of benzene rings is 2. The van der Waals surface area contributed by atoms with Gasteiger partial charge in [0.2, 0.25) is 15.9 Å². The first-order valence-corrected chi connectivity index (χ1v) is 15.8. The van der Waals surface area contributed by atoms with Crippen molar-refractivity contribution in [2.45, 2.75) is 37.6 Å². The summed E-state index contributed by atoms with van der Waals surface area (Å²) in [6.07, 6.45) is 3.54. The molecular formula is C26H26FLiN4O6S2. The molecule has 0 radical (unpaired) electrons. The fourth-order valence-corrected chi connectivity index (χ4v) is 7.97. The number of fused-ring (bicyclic) bond motifs is 6. The first kappa shape index (κ1) is 28.7. The third kappa shape index (κ3) is 4.83. The Hall–Kier alpha value is -2.85. The molecule has 2 aromatic carbocycles. The van der Waals surface area contributed by atoms with Gasteiger partial charge in [-0.05, 0) is 42.3 Å². The topological polar surface area (TPSA) is 145 Å². The van der Waals surface area contributed by atoms with Crippen LogP contribution in [0.5, 0.6) is 0 Å². The van der Waals surface area contributed by atoms with Crippen molar-refractivity contribution in [1.82, 2.24) is 4.90 Å². The van der Waals surface area contributed by atoms with E-state index in [2.05, 4.69) is 14.4 Å². The molecule has 2 fully saturated rings. The van der Waals surface area contributed by atoms with E-state index >= 15 is 0 Å². The van der Waals surface area contributed by atoms with E-state index in [0.29, 0.717) is 11.1 Å². The number of rotatable bonds is 5. The zero-order chi connectivity index (χ0) is 27.9. The molecule has 2 aliphatic carbocycles. The summed E-state index contributed by atoms with van der Waals surface area (Å²) in [4.78, 5) is 15.3. The maximum Gasteiger partial charge on any atom is 1.00 e. The summed E-state index contributed by atoms with van der Waals surface area (Å²) in [5, 5.41) is 14.3. The molecule has 0 unspecified atom stereocenters. The maximum atomic E-state index is 14.0. The number of halogens is 1. The first-order valence-electron chi connectivity index (χ1n) is 12.4. The van der Waals surface area contributed by atoms with Gasteiger partial charge in [0.1, 0.15) is 16.3 Å². The molecule has 206 valence electrons. The molecule has 2 saturated carbocycles. The number of sulfonamides is 2. The first-order chi connectivity index (χ1) is 18.3. The quantitative estimate of drug-likeness (QED) is 0.344. The second-order valence-electron chi connectivity index (χ2n) is 10.5. The van der Waals surface area contributed by atoms with E-state index < -0.39 is 31.9 Å². The number of aliphatic hydroxyl groups is 1. The zero-order valence-corrected chi connectivity index (χ0v) is 23.7. The number of amides is 1. The molecule has 4 aliphatic rings. The Bertz CT molecular complexity index is 1710. The summed E-state index contributed by atoms with van der Waals surface area (Å²) in [5.74, 6) is -1.64. The number of nitrogens with one attached hydrogen (secondary N) is 2. The van der Waals surface area contributed by atoms with Crippen LogP contribution in [0.3, 0.4) is 0 Å². The summed E-state index contributed by atoms with van der Waals surface area (Å²) < 4.78 is 69.5. The van der Waals surface area contributed by atoms with Crippen LogP contribution in [0, 0.1) is 36.5 Å². The van der Waals surface area contributed by atoms with Crippen molar-refractivity contribution in [3.63, 3.8) is 0 Å². The van der Waals surface area contributed by atoms with Gasteiger partial charge in [0, 0.05) is 12.2 Å². The fraction of sp³-hybridized carbons (Fsp3) is 0.346. The number of aryl methyl sites for hydroxylation is 1. The number of hydrogen-bond donors (Lipinski definition) is 3. The van der Waals surface area contributed by atoms with E-state index in [1.165, 1.54) is 18.2 Å². The Balaban J connectivity index is 0.00000323. The Morgan fingerprint density at radius 1 is 1.23 bits per heavy atom. The number of aliphatic hydroxyl groups excluding tert-OH is 1. The van der Waals surface area contributed by atoms with Gasteiger partial charge in [-0.1, -0.05) is 43.2 Å². The number of anilines is 2. The van der Waals surface area contributed by atoms with Crippen LogP contribution in [0.1, 0.15) is 30.4 Å². The molecular weight excluding hydrogens is 554 g/mol. The monoisotopic (exact) mass is 580 g/mol. The average Bonchev–Trinajstić information content (AvgIpc) is 3.46. The van der Waals surface area contributed by atoms with Crippen LogP contribution in [0.15, 0.2) is 57.0 Å². The van der Waals surface area contributed by atoms with Gasteiger partial charge in [0.25, 0.3) is 10.0 Å². The number of hydrogen-bond acceptors (Lipinski definition) is 7. The number of nitrogens with zero attached hydrogens (tertiary/aromatic N) is 2. The van der Waals surface area contributed by atoms with Crippen molar-refractivity contribution < 1.29 is 50.0 Å². The molecule has 0 saturated heterocycles. The van der Waals surface area contributed by atoms with E-state index in [1.807, 2.05) is 0 Å². The van der Waals surface area contributed by atoms with Crippen LogP contribution in [0.4, 0.5) is 15.8 Å². The minimum Gasteiger partial charge on any atom is -0.514 e. The predicted octanol–water partition coefficient (Wildman–Crippen LogP) is 0.455. The second kappa shape index (κ2) is 9.90. The summed E-state index contributed by atoms with van der Waals surface area (Å²) in [5.41, 5.74) is 1.06. The molecule has 40 heavy (non-hydrogen) atoms. The molecule has 14 heteroatoms. The van der Waals surface area contributed by atoms with E-state index in [1.54, 1.807) is 24.0 Å². The van der Waals surface area contributed by atoms with Crippen molar-refractivity contribution in [3.05, 3.63) is 70.7 Å². The van der Waals surface area contributed by atoms with Crippen molar-refractivity contribution in [1.29, 1.82) is 0 Å². The van der Waals surface area contributed by atoms with E-state index in [9.17, 15) is 31.1 Å². The van der Waals surface area contributed by atoms with Gasteiger partial charge in [-0.3, -0.25) is 9.52 Å². The molecule has 2 heterocycles. The summed E-state index contributed by atoms with van der Waals surface area (Å²) in [7, 11) is -8.01. The van der Waals surface area contributed by atoms with Crippen LogP contribution >= 0.6 is 0 Å². The van der Waals surface area contributed by atoms with Crippen molar-refractivity contribution in [2.75, 3.05) is 16.3 Å². The number of carbonyl (C=O) groups is 1. The molecule has 2 aliphatic heterocycles. The number of carbonyl (C=O) groups excluding carboxylic acids is 1. The Kier molecular flexibility index (Phi) is 7.10. The van der Waals surface area contributed by atoms with Gasteiger partial charge in [-0.15, -0.1) is 10.3 Å². The van der Waals surface area contributed by atoms with Crippen LogP contribution in [0.2, 0.25) is 0 Å². The van der Waals surface area contributed by atoms with E-state index in [4.69, 9.17) is 0 Å². The van der Waals surface area contributed by atoms with Gasteiger partial charge in [-0.2, -0.15) is 8.42 Å². The Morgan fingerprint density at radius 2 is 1.98 bits per heavy atom. The smallest absolute Gasteiger partial charge is 0.514 e. The third-order valence-corrected chi connectivity index (χ3v) is 9.75. The average molecular weight is 581 g/mol. The van der Waals surface area contributed by atoms with E-state index in [0.717, 1.165) is 37.6 Å². The molecule has 1 amide bonds. The summed E-state index contributed by atoms with van der Waals surface area (Å²) >= 11 is 0.